The second-order valence-corrected chi connectivity index (χ2v) is 6.53. The van der Waals surface area contributed by atoms with E-state index in [1.54, 1.807) is 4.90 Å². The highest BCUT2D eigenvalue weighted by molar-refractivity contribution is 5.93. The number of carbonyl (C=O) groups excluding carboxylic acids is 2. The van der Waals surface area contributed by atoms with Crippen LogP contribution >= 0.6 is 0 Å². The molecule has 7 nitrogen and oxygen atoms in total. The zero-order valence-corrected chi connectivity index (χ0v) is 14.6. The van der Waals surface area contributed by atoms with Gasteiger partial charge in [0.05, 0.1) is 23.8 Å². The number of rotatable bonds is 4. The number of nitrogens with zero attached hydrogens (tertiary/aromatic N) is 4. The third kappa shape index (κ3) is 4.30. The van der Waals surface area contributed by atoms with Crippen molar-refractivity contribution in [2.75, 3.05) is 32.7 Å². The Labute approximate surface area is 147 Å². The van der Waals surface area contributed by atoms with Gasteiger partial charge >= 0.3 is 0 Å². The van der Waals surface area contributed by atoms with Gasteiger partial charge in [0.1, 0.15) is 5.69 Å². The molecule has 1 N–H and O–H groups in total. The second kappa shape index (κ2) is 7.57. The average molecular weight is 341 g/mol. The zero-order valence-electron chi connectivity index (χ0n) is 14.6. The lowest BCUT2D eigenvalue weighted by Gasteiger charge is -2.34. The smallest absolute Gasteiger partial charge is 0.274 e. The molecule has 0 aliphatic carbocycles. The number of hydrogen-bond donors (Lipinski definition) is 1. The Kier molecular flexibility index (Phi) is 5.23. The number of hydrogen-bond acceptors (Lipinski definition) is 5. The van der Waals surface area contributed by atoms with Crippen LogP contribution in [-0.2, 0) is 4.79 Å². The standard InChI is InChI=1S/C18H23N5O2/c1-13(2)20-17(24)12-22-7-9-23(10-8-22)18(25)16-11-19-14-5-3-4-6-15(14)21-16/h3-6,11,13H,7-10,12H2,1-2H3,(H,20,24). The van der Waals surface area contributed by atoms with Crippen molar-refractivity contribution in [3.63, 3.8) is 0 Å². The minimum atomic E-state index is -0.107. The van der Waals surface area contributed by atoms with E-state index in [-0.39, 0.29) is 17.9 Å². The van der Waals surface area contributed by atoms with Crippen LogP contribution in [0.5, 0.6) is 0 Å². The van der Waals surface area contributed by atoms with Crippen molar-refractivity contribution in [1.82, 2.24) is 25.1 Å². The minimum absolute atomic E-state index is 0.0233. The first-order valence-corrected chi connectivity index (χ1v) is 8.55. The summed E-state index contributed by atoms with van der Waals surface area (Å²) in [6.07, 6.45) is 1.53. The van der Waals surface area contributed by atoms with Gasteiger partial charge in [0.15, 0.2) is 0 Å². The summed E-state index contributed by atoms with van der Waals surface area (Å²) in [7, 11) is 0. The molecule has 2 amide bonds. The third-order valence-electron chi connectivity index (χ3n) is 4.14. The van der Waals surface area contributed by atoms with Gasteiger partial charge in [-0.15, -0.1) is 0 Å². The summed E-state index contributed by atoms with van der Waals surface area (Å²) < 4.78 is 0. The molecule has 2 heterocycles. The van der Waals surface area contributed by atoms with Crippen molar-refractivity contribution in [2.24, 2.45) is 0 Å². The van der Waals surface area contributed by atoms with E-state index in [2.05, 4.69) is 20.2 Å². The van der Waals surface area contributed by atoms with E-state index < -0.39 is 0 Å². The molecule has 1 saturated heterocycles. The van der Waals surface area contributed by atoms with E-state index in [1.807, 2.05) is 38.1 Å². The predicted octanol–water partition coefficient (Wildman–Crippen LogP) is 0.912. The van der Waals surface area contributed by atoms with E-state index in [0.717, 1.165) is 11.0 Å². The van der Waals surface area contributed by atoms with Gasteiger partial charge in [-0.1, -0.05) is 12.1 Å². The molecular formula is C18H23N5O2. The maximum absolute atomic E-state index is 12.6. The molecule has 25 heavy (non-hydrogen) atoms. The highest BCUT2D eigenvalue weighted by Crippen LogP contribution is 2.11. The van der Waals surface area contributed by atoms with Gasteiger partial charge in [-0.25, -0.2) is 4.98 Å². The Morgan fingerprint density at radius 2 is 1.80 bits per heavy atom. The Morgan fingerprint density at radius 1 is 1.12 bits per heavy atom. The number of nitrogens with one attached hydrogen (secondary N) is 1. The zero-order chi connectivity index (χ0) is 17.8. The van der Waals surface area contributed by atoms with Crippen molar-refractivity contribution in [1.29, 1.82) is 0 Å². The van der Waals surface area contributed by atoms with E-state index >= 15 is 0 Å². The van der Waals surface area contributed by atoms with Gasteiger partial charge < -0.3 is 10.2 Å². The Balaban J connectivity index is 1.58. The van der Waals surface area contributed by atoms with E-state index in [0.29, 0.717) is 38.4 Å². The number of amides is 2. The highest BCUT2D eigenvalue weighted by atomic mass is 16.2. The normalized spacial score (nSPS) is 15.6. The molecule has 1 aromatic heterocycles. The number of carbonyl (C=O) groups is 2. The second-order valence-electron chi connectivity index (χ2n) is 6.53. The number of benzene rings is 1. The molecule has 7 heteroatoms. The molecule has 0 spiro atoms. The van der Waals surface area contributed by atoms with E-state index in [9.17, 15) is 9.59 Å². The quantitative estimate of drug-likeness (QED) is 0.894. The number of piperazine rings is 1. The fourth-order valence-electron chi connectivity index (χ4n) is 2.90. The molecule has 0 radical (unpaired) electrons. The summed E-state index contributed by atoms with van der Waals surface area (Å²) in [6, 6.07) is 7.64. The van der Waals surface area contributed by atoms with Crippen LogP contribution in [0.25, 0.3) is 11.0 Å². The van der Waals surface area contributed by atoms with Gasteiger partial charge in [0.25, 0.3) is 5.91 Å². The first kappa shape index (κ1) is 17.3. The van der Waals surface area contributed by atoms with Crippen molar-refractivity contribution in [3.05, 3.63) is 36.2 Å². The molecular weight excluding hydrogens is 318 g/mol. The number of para-hydroxylation sites is 2. The molecule has 0 saturated carbocycles. The molecule has 1 fully saturated rings. The summed E-state index contributed by atoms with van der Waals surface area (Å²) in [6.45, 7) is 6.79. The van der Waals surface area contributed by atoms with Crippen molar-refractivity contribution in [2.45, 2.75) is 19.9 Å². The lowest BCUT2D eigenvalue weighted by Crippen LogP contribution is -2.51. The van der Waals surface area contributed by atoms with E-state index in [1.165, 1.54) is 6.20 Å². The predicted molar refractivity (Wildman–Crippen MR) is 95.2 cm³/mol. The summed E-state index contributed by atoms with van der Waals surface area (Å²) in [5, 5.41) is 2.89. The summed E-state index contributed by atoms with van der Waals surface area (Å²) in [5.74, 6) is -0.0836. The van der Waals surface area contributed by atoms with Crippen LogP contribution < -0.4 is 5.32 Å². The Bertz CT molecular complexity index is 769. The first-order valence-electron chi connectivity index (χ1n) is 8.55. The Hall–Kier alpha value is -2.54. The number of fused-ring (bicyclic) bond motifs is 1. The molecule has 1 aliphatic rings. The lowest BCUT2D eigenvalue weighted by molar-refractivity contribution is -0.123. The molecule has 0 unspecified atom stereocenters. The van der Waals surface area contributed by atoms with Gasteiger partial charge in [-0.3, -0.25) is 19.5 Å². The molecule has 132 valence electrons. The maximum atomic E-state index is 12.6. The Morgan fingerprint density at radius 3 is 2.48 bits per heavy atom. The molecule has 1 aromatic carbocycles. The van der Waals surface area contributed by atoms with Gasteiger partial charge in [0.2, 0.25) is 5.91 Å². The largest absolute Gasteiger partial charge is 0.353 e. The number of aromatic nitrogens is 2. The van der Waals surface area contributed by atoms with Crippen LogP contribution in [-0.4, -0.2) is 70.3 Å². The summed E-state index contributed by atoms with van der Waals surface area (Å²) in [4.78, 5) is 37.0. The summed E-state index contributed by atoms with van der Waals surface area (Å²) >= 11 is 0. The molecule has 1 aliphatic heterocycles. The first-order chi connectivity index (χ1) is 12.0. The molecule has 2 aromatic rings. The van der Waals surface area contributed by atoms with Gasteiger partial charge in [0, 0.05) is 32.2 Å². The molecule has 3 rings (SSSR count). The average Bonchev–Trinajstić information content (AvgIpc) is 2.60. The summed E-state index contributed by atoms with van der Waals surface area (Å²) in [5.41, 5.74) is 1.86. The molecule has 0 bridgehead atoms. The van der Waals surface area contributed by atoms with Crippen LogP contribution in [0.1, 0.15) is 24.3 Å². The van der Waals surface area contributed by atoms with Gasteiger partial charge in [-0.2, -0.15) is 0 Å². The fourth-order valence-corrected chi connectivity index (χ4v) is 2.90. The monoisotopic (exact) mass is 341 g/mol. The van der Waals surface area contributed by atoms with Crippen molar-refractivity contribution in [3.8, 4) is 0 Å². The lowest BCUT2D eigenvalue weighted by atomic mass is 10.2. The van der Waals surface area contributed by atoms with Crippen LogP contribution in [0.3, 0.4) is 0 Å². The van der Waals surface area contributed by atoms with Crippen molar-refractivity contribution < 1.29 is 9.59 Å². The SMILES string of the molecule is CC(C)NC(=O)CN1CCN(C(=O)c2cnc3ccccc3n2)CC1. The van der Waals surface area contributed by atoms with Crippen LogP contribution in [0.15, 0.2) is 30.5 Å². The molecule has 0 atom stereocenters. The minimum Gasteiger partial charge on any atom is -0.353 e. The fraction of sp³-hybridized carbons (Fsp3) is 0.444. The van der Waals surface area contributed by atoms with Gasteiger partial charge in [-0.05, 0) is 26.0 Å². The maximum Gasteiger partial charge on any atom is 0.274 e. The topological polar surface area (TPSA) is 78.4 Å². The van der Waals surface area contributed by atoms with Crippen LogP contribution in [0, 0.1) is 0 Å². The van der Waals surface area contributed by atoms with Crippen molar-refractivity contribution >= 4 is 22.8 Å². The van der Waals surface area contributed by atoms with Crippen LogP contribution in [0.2, 0.25) is 0 Å². The third-order valence-corrected chi connectivity index (χ3v) is 4.14. The highest BCUT2D eigenvalue weighted by Gasteiger charge is 2.24. The van der Waals surface area contributed by atoms with Crippen LogP contribution in [0.4, 0.5) is 0 Å². The van der Waals surface area contributed by atoms with E-state index in [4.69, 9.17) is 0 Å².